The van der Waals surface area contributed by atoms with Crippen molar-refractivity contribution in [3.8, 4) is 17.4 Å². The molecule has 0 bridgehead atoms. The molecule has 64 valence electrons. The maximum absolute atomic E-state index is 4.80. The van der Waals surface area contributed by atoms with E-state index in [1.807, 2.05) is 0 Å². The van der Waals surface area contributed by atoms with E-state index in [-0.39, 0.29) is 5.88 Å². The first-order valence-electron chi connectivity index (χ1n) is 2.68. The second-order valence-electron chi connectivity index (χ2n) is 1.67. The van der Waals surface area contributed by atoms with E-state index in [9.17, 15) is 0 Å². The summed E-state index contributed by atoms with van der Waals surface area (Å²) in [5.74, 6) is 2.67. The van der Waals surface area contributed by atoms with E-state index in [0.717, 1.165) is 0 Å². The van der Waals surface area contributed by atoms with E-state index in [1.165, 1.54) is 7.05 Å². The van der Waals surface area contributed by atoms with Crippen LogP contribution in [0.3, 0.4) is 0 Å². The molecule has 0 aliphatic rings. The van der Waals surface area contributed by atoms with Gasteiger partial charge in [-0.15, -0.1) is 0 Å². The fourth-order valence-corrected chi connectivity index (χ4v) is 1.38. The van der Waals surface area contributed by atoms with Gasteiger partial charge in [0, 0.05) is 0 Å². The predicted molar refractivity (Wildman–Crippen MR) is 54.2 cm³/mol. The summed E-state index contributed by atoms with van der Waals surface area (Å²) in [6, 6.07) is 0. The average Bonchev–Trinajstić information content (AvgIpc) is 2.16. The Labute approximate surface area is 95.2 Å². The van der Waals surface area contributed by atoms with Gasteiger partial charge in [0.1, 0.15) is 0 Å². The molecule has 1 aromatic rings. The normalized spacial score (nSPS) is 8.92. The zero-order chi connectivity index (χ0) is 8.97. The molecule has 0 saturated heterocycles. The van der Waals surface area contributed by atoms with Crippen molar-refractivity contribution in [1.29, 1.82) is 0 Å². The molecule has 0 fully saturated rings. The molecule has 1 rings (SSSR count). The summed E-state index contributed by atoms with van der Waals surface area (Å²) in [4.78, 5) is 3.85. The summed E-state index contributed by atoms with van der Waals surface area (Å²) in [7, 11) is 1.52. The van der Waals surface area contributed by atoms with Gasteiger partial charge in [-0.1, -0.05) is 0 Å². The van der Waals surface area contributed by atoms with Gasteiger partial charge in [-0.05, 0) is 0 Å². The quantitative estimate of drug-likeness (QED) is 0.829. The molecule has 0 aromatic carbocycles. The Bertz CT molecular complexity index is 251. The van der Waals surface area contributed by atoms with Gasteiger partial charge in [-0.3, -0.25) is 0 Å². The fourth-order valence-electron chi connectivity index (χ4n) is 0.599. The molecule has 1 heterocycles. The second-order valence-corrected chi connectivity index (χ2v) is 2.65. The number of aromatic nitrogens is 1. The molecule has 0 N–H and O–H groups in total. The number of hydrogen-bond donors (Lipinski definition) is 0. The molecule has 0 atom stereocenters. The monoisotopic (exact) mass is 359 g/mol. The molecule has 0 spiro atoms. The van der Waals surface area contributed by atoms with Gasteiger partial charge in [-0.2, -0.15) is 0 Å². The molecule has 0 radical (unpaired) electrons. The first-order valence-corrected chi connectivity index (χ1v) is 4.62. The van der Waals surface area contributed by atoms with Gasteiger partial charge >= 0.3 is 95.5 Å². The van der Waals surface area contributed by atoms with E-state index in [4.69, 9.17) is 11.5 Å². The molecule has 0 aliphatic carbocycles. The first kappa shape index (κ1) is 10.3. The molecular formula is C4HBBr3NO3. The van der Waals surface area contributed by atoms with Crippen molar-refractivity contribution in [3.63, 3.8) is 0 Å². The van der Waals surface area contributed by atoms with Gasteiger partial charge in [0.25, 0.3) is 0 Å². The van der Waals surface area contributed by atoms with Gasteiger partial charge < -0.3 is 0 Å². The van der Waals surface area contributed by atoms with Crippen molar-refractivity contribution in [1.82, 2.24) is 4.89 Å². The van der Waals surface area contributed by atoms with E-state index in [0.29, 0.717) is 11.5 Å². The third-order valence-electron chi connectivity index (χ3n) is 1.07. The van der Waals surface area contributed by atoms with Crippen LogP contribution in [0.2, 0.25) is 0 Å². The molecule has 0 amide bonds. The van der Waals surface area contributed by atoms with E-state index in [2.05, 4.69) is 53.7 Å². The number of rotatable bonds is 3. The minimum atomic E-state index is 0.267. The third kappa shape index (κ3) is 2.11. The van der Waals surface area contributed by atoms with Crippen LogP contribution in [-0.4, -0.2) is 11.9 Å². The van der Waals surface area contributed by atoms with Crippen molar-refractivity contribution < 1.29 is 11.5 Å². The van der Waals surface area contributed by atoms with Crippen LogP contribution in [0.1, 0.15) is 0 Å². The Hall–Kier alpha value is 0.185. The molecule has 12 heavy (non-hydrogen) atoms. The van der Waals surface area contributed by atoms with Crippen LogP contribution in [0, 0.1) is 0 Å². The summed E-state index contributed by atoms with van der Waals surface area (Å²) in [6.07, 6.45) is 0. The number of nitrogens with zero attached hydrogens (tertiary/aromatic N) is 1. The van der Waals surface area contributed by atoms with E-state index >= 15 is 0 Å². The Morgan fingerprint density at radius 3 is 2.42 bits per heavy atom. The summed E-state index contributed by atoms with van der Waals surface area (Å²) < 4.78 is 14.3. The summed E-state index contributed by atoms with van der Waals surface area (Å²) in [5, 5.41) is 0. The van der Waals surface area contributed by atoms with Crippen molar-refractivity contribution >= 4 is 55.8 Å². The SMILES string of the molecule is BrOc1cbnc(OBr)c1OBr. The summed E-state index contributed by atoms with van der Waals surface area (Å²) >= 11 is 8.39. The van der Waals surface area contributed by atoms with Crippen molar-refractivity contribution in [2.45, 2.75) is 0 Å². The number of halogens is 3. The van der Waals surface area contributed by atoms with Gasteiger partial charge in [0.2, 0.25) is 0 Å². The minimum absolute atomic E-state index is 0.267. The maximum atomic E-state index is 4.80. The van der Waals surface area contributed by atoms with Crippen molar-refractivity contribution in [2.75, 3.05) is 0 Å². The topological polar surface area (TPSA) is 40.6 Å². The molecule has 0 unspecified atom stereocenters. The van der Waals surface area contributed by atoms with Crippen LogP contribution >= 0.6 is 48.8 Å². The third-order valence-corrected chi connectivity index (χ3v) is 2.05. The Morgan fingerprint density at radius 1 is 1.17 bits per heavy atom. The van der Waals surface area contributed by atoms with E-state index in [1.54, 1.807) is 5.96 Å². The standard InChI is InChI=1S/C4HBBr3NO3/c6-10-2-1-5-9-4(12-8)3(2)11-7/h1H. The summed E-state index contributed by atoms with van der Waals surface area (Å²) in [5.41, 5.74) is 0. The van der Waals surface area contributed by atoms with Gasteiger partial charge in [0.15, 0.2) is 0 Å². The zero-order valence-corrected chi connectivity index (χ0v) is 10.2. The molecule has 4 nitrogen and oxygen atoms in total. The van der Waals surface area contributed by atoms with E-state index < -0.39 is 0 Å². The van der Waals surface area contributed by atoms with Crippen molar-refractivity contribution in [3.05, 3.63) is 5.96 Å². The molecule has 1 aromatic heterocycles. The number of hydrogen-bond acceptors (Lipinski definition) is 4. The Kier molecular flexibility index (Phi) is 4.31. The van der Waals surface area contributed by atoms with Crippen LogP contribution < -0.4 is 11.5 Å². The molecular weight excluding hydrogens is 361 g/mol. The van der Waals surface area contributed by atoms with Crippen molar-refractivity contribution in [2.24, 2.45) is 0 Å². The van der Waals surface area contributed by atoms with Crippen LogP contribution in [-0.2, 0) is 0 Å². The average molecular weight is 362 g/mol. The Balaban J connectivity index is 3.13. The fraction of sp³-hybridized carbons (Fsp3) is 0. The zero-order valence-electron chi connectivity index (χ0n) is 5.46. The first-order chi connectivity index (χ1) is 5.83. The molecule has 0 saturated carbocycles. The second kappa shape index (κ2) is 5.03. The molecule has 0 aliphatic heterocycles. The van der Waals surface area contributed by atoms with Gasteiger partial charge in [-0.25, -0.2) is 0 Å². The van der Waals surface area contributed by atoms with Crippen LogP contribution in [0.25, 0.3) is 0 Å². The Morgan fingerprint density at radius 2 is 1.92 bits per heavy atom. The predicted octanol–water partition coefficient (Wildman–Crippen LogP) is 2.49. The van der Waals surface area contributed by atoms with Crippen LogP contribution in [0.5, 0.6) is 17.4 Å². The van der Waals surface area contributed by atoms with Crippen LogP contribution in [0.15, 0.2) is 5.96 Å². The molecule has 8 heteroatoms. The van der Waals surface area contributed by atoms with Gasteiger partial charge in [0.05, 0.1) is 0 Å². The van der Waals surface area contributed by atoms with Crippen LogP contribution in [0.4, 0.5) is 0 Å². The summed E-state index contributed by atoms with van der Waals surface area (Å²) in [6.45, 7) is 0.